The Balaban J connectivity index is 2.01. The highest BCUT2D eigenvalue weighted by Gasteiger charge is 1.98. The van der Waals surface area contributed by atoms with Gasteiger partial charge in [-0.3, -0.25) is 4.68 Å². The molecule has 1 N–H and O–H groups in total. The lowest BCUT2D eigenvalue weighted by Crippen LogP contribution is -2.07. The number of ether oxygens (including phenoxy) is 1. The molecule has 0 unspecified atom stereocenters. The standard InChI is InChI=1S/C13H25N3O/c1-3-9-16-12-13(11-15-16)17-10-7-5-4-6-8-14-2/h11-12,14H,3-10H2,1-2H3. The van der Waals surface area contributed by atoms with E-state index in [4.69, 9.17) is 4.74 Å². The van der Waals surface area contributed by atoms with Crippen molar-refractivity contribution in [3.8, 4) is 5.75 Å². The maximum atomic E-state index is 5.64. The molecular weight excluding hydrogens is 214 g/mol. The predicted octanol–water partition coefficient (Wildman–Crippen LogP) is 2.45. The van der Waals surface area contributed by atoms with E-state index in [0.29, 0.717) is 0 Å². The molecule has 0 aliphatic rings. The van der Waals surface area contributed by atoms with E-state index < -0.39 is 0 Å². The highest BCUT2D eigenvalue weighted by molar-refractivity contribution is 5.11. The molecule has 0 spiro atoms. The second-order valence-electron chi connectivity index (χ2n) is 4.31. The number of aryl methyl sites for hydroxylation is 1. The molecule has 17 heavy (non-hydrogen) atoms. The summed E-state index contributed by atoms with van der Waals surface area (Å²) in [6.45, 7) is 5.03. The largest absolute Gasteiger partial charge is 0.490 e. The van der Waals surface area contributed by atoms with Crippen molar-refractivity contribution < 1.29 is 4.74 Å². The van der Waals surface area contributed by atoms with E-state index >= 15 is 0 Å². The molecule has 4 nitrogen and oxygen atoms in total. The molecular formula is C13H25N3O. The van der Waals surface area contributed by atoms with E-state index in [1.807, 2.05) is 17.9 Å². The molecule has 1 aromatic heterocycles. The summed E-state index contributed by atoms with van der Waals surface area (Å²) >= 11 is 0. The van der Waals surface area contributed by atoms with Gasteiger partial charge in [-0.15, -0.1) is 0 Å². The van der Waals surface area contributed by atoms with Crippen LogP contribution in [0.3, 0.4) is 0 Å². The molecule has 0 saturated carbocycles. The first-order chi connectivity index (χ1) is 8.36. The van der Waals surface area contributed by atoms with Crippen LogP contribution in [0.5, 0.6) is 5.75 Å². The van der Waals surface area contributed by atoms with Gasteiger partial charge in [0.1, 0.15) is 0 Å². The van der Waals surface area contributed by atoms with Gasteiger partial charge < -0.3 is 10.1 Å². The third-order valence-electron chi connectivity index (χ3n) is 2.65. The average Bonchev–Trinajstić information content (AvgIpc) is 2.76. The number of nitrogens with one attached hydrogen (secondary N) is 1. The molecule has 0 radical (unpaired) electrons. The zero-order valence-corrected chi connectivity index (χ0v) is 11.1. The van der Waals surface area contributed by atoms with Crippen molar-refractivity contribution in [1.82, 2.24) is 15.1 Å². The van der Waals surface area contributed by atoms with E-state index in [-0.39, 0.29) is 0 Å². The van der Waals surface area contributed by atoms with Gasteiger partial charge in [-0.25, -0.2) is 0 Å². The molecule has 0 saturated heterocycles. The fourth-order valence-electron chi connectivity index (χ4n) is 1.72. The summed E-state index contributed by atoms with van der Waals surface area (Å²) in [5, 5.41) is 7.39. The number of rotatable bonds is 10. The SMILES string of the molecule is CCCn1cc(OCCCCCCNC)cn1. The Morgan fingerprint density at radius 1 is 1.29 bits per heavy atom. The second-order valence-corrected chi connectivity index (χ2v) is 4.31. The molecule has 0 aliphatic carbocycles. The van der Waals surface area contributed by atoms with Crippen molar-refractivity contribution in [3.05, 3.63) is 12.4 Å². The van der Waals surface area contributed by atoms with Crippen molar-refractivity contribution in [1.29, 1.82) is 0 Å². The van der Waals surface area contributed by atoms with Crippen LogP contribution in [0.25, 0.3) is 0 Å². The van der Waals surface area contributed by atoms with Gasteiger partial charge in [0.05, 0.1) is 19.0 Å². The third kappa shape index (κ3) is 6.31. The minimum absolute atomic E-state index is 0.803. The number of unbranched alkanes of at least 4 members (excludes halogenated alkanes) is 3. The Kier molecular flexibility index (Phi) is 7.47. The van der Waals surface area contributed by atoms with Crippen LogP contribution in [0.15, 0.2) is 12.4 Å². The van der Waals surface area contributed by atoms with Gasteiger partial charge in [0.15, 0.2) is 5.75 Å². The van der Waals surface area contributed by atoms with Crippen LogP contribution < -0.4 is 10.1 Å². The van der Waals surface area contributed by atoms with Crippen LogP contribution in [0.1, 0.15) is 39.0 Å². The summed E-state index contributed by atoms with van der Waals surface area (Å²) in [7, 11) is 2.00. The summed E-state index contributed by atoms with van der Waals surface area (Å²) in [5.74, 6) is 0.897. The second kappa shape index (κ2) is 9.05. The van der Waals surface area contributed by atoms with E-state index in [1.54, 1.807) is 6.20 Å². The number of aromatic nitrogens is 2. The zero-order valence-electron chi connectivity index (χ0n) is 11.1. The van der Waals surface area contributed by atoms with Gasteiger partial charge in [-0.05, 0) is 32.9 Å². The smallest absolute Gasteiger partial charge is 0.157 e. The Bertz CT molecular complexity index is 286. The molecule has 98 valence electrons. The van der Waals surface area contributed by atoms with E-state index in [9.17, 15) is 0 Å². The van der Waals surface area contributed by atoms with E-state index in [2.05, 4.69) is 17.3 Å². The first-order valence-electron chi connectivity index (χ1n) is 6.66. The van der Waals surface area contributed by atoms with Gasteiger partial charge in [-0.1, -0.05) is 19.8 Å². The van der Waals surface area contributed by atoms with Crippen LogP contribution >= 0.6 is 0 Å². The lowest BCUT2D eigenvalue weighted by atomic mass is 10.2. The maximum absolute atomic E-state index is 5.64. The quantitative estimate of drug-likeness (QED) is 0.637. The lowest BCUT2D eigenvalue weighted by Gasteiger charge is -2.03. The predicted molar refractivity (Wildman–Crippen MR) is 70.4 cm³/mol. The third-order valence-corrected chi connectivity index (χ3v) is 2.65. The van der Waals surface area contributed by atoms with Crippen LogP contribution in [-0.2, 0) is 6.54 Å². The molecule has 0 atom stereocenters. The minimum atomic E-state index is 0.803. The van der Waals surface area contributed by atoms with Crippen molar-refractivity contribution >= 4 is 0 Å². The fraction of sp³-hybridized carbons (Fsp3) is 0.769. The van der Waals surface area contributed by atoms with Crippen molar-refractivity contribution in [2.45, 2.75) is 45.6 Å². The fourth-order valence-corrected chi connectivity index (χ4v) is 1.72. The van der Waals surface area contributed by atoms with E-state index in [1.165, 1.54) is 19.3 Å². The molecule has 0 bridgehead atoms. The summed E-state index contributed by atoms with van der Waals surface area (Å²) in [5.41, 5.74) is 0. The Morgan fingerprint density at radius 2 is 2.12 bits per heavy atom. The summed E-state index contributed by atoms with van der Waals surface area (Å²) in [6.07, 6.45) is 9.78. The molecule has 1 aromatic rings. The topological polar surface area (TPSA) is 39.1 Å². The first-order valence-corrected chi connectivity index (χ1v) is 6.66. The Labute approximate surface area is 104 Å². The van der Waals surface area contributed by atoms with Gasteiger partial charge in [-0.2, -0.15) is 5.10 Å². The number of hydrogen-bond donors (Lipinski definition) is 1. The van der Waals surface area contributed by atoms with Gasteiger partial charge in [0.25, 0.3) is 0 Å². The molecule has 0 fully saturated rings. The van der Waals surface area contributed by atoms with Crippen LogP contribution in [0.4, 0.5) is 0 Å². The summed E-state index contributed by atoms with van der Waals surface area (Å²) in [6, 6.07) is 0. The van der Waals surface area contributed by atoms with E-state index in [0.717, 1.165) is 38.3 Å². The lowest BCUT2D eigenvalue weighted by molar-refractivity contribution is 0.304. The van der Waals surface area contributed by atoms with Crippen molar-refractivity contribution in [2.75, 3.05) is 20.2 Å². The molecule has 0 aromatic carbocycles. The number of hydrogen-bond acceptors (Lipinski definition) is 3. The Hall–Kier alpha value is -1.03. The average molecular weight is 239 g/mol. The van der Waals surface area contributed by atoms with Gasteiger partial charge >= 0.3 is 0 Å². The first kappa shape index (κ1) is 14.0. The summed E-state index contributed by atoms with van der Waals surface area (Å²) in [4.78, 5) is 0. The van der Waals surface area contributed by atoms with Crippen molar-refractivity contribution in [3.63, 3.8) is 0 Å². The molecule has 0 amide bonds. The monoisotopic (exact) mass is 239 g/mol. The maximum Gasteiger partial charge on any atom is 0.157 e. The Morgan fingerprint density at radius 3 is 2.88 bits per heavy atom. The van der Waals surface area contributed by atoms with Crippen molar-refractivity contribution in [2.24, 2.45) is 0 Å². The zero-order chi connectivity index (χ0) is 12.3. The molecule has 1 heterocycles. The highest BCUT2D eigenvalue weighted by atomic mass is 16.5. The van der Waals surface area contributed by atoms with Crippen LogP contribution in [0.2, 0.25) is 0 Å². The summed E-state index contributed by atoms with van der Waals surface area (Å²) < 4.78 is 7.57. The minimum Gasteiger partial charge on any atom is -0.490 e. The van der Waals surface area contributed by atoms with Crippen LogP contribution in [0, 0.1) is 0 Å². The molecule has 1 rings (SSSR count). The normalized spacial score (nSPS) is 10.7. The molecule has 4 heteroatoms. The van der Waals surface area contributed by atoms with Gasteiger partial charge in [0.2, 0.25) is 0 Å². The molecule has 0 aliphatic heterocycles. The number of nitrogens with zero attached hydrogens (tertiary/aromatic N) is 2. The highest BCUT2D eigenvalue weighted by Crippen LogP contribution is 2.09. The van der Waals surface area contributed by atoms with Crippen LogP contribution in [-0.4, -0.2) is 30.0 Å². The van der Waals surface area contributed by atoms with Gasteiger partial charge in [0, 0.05) is 6.54 Å².